The van der Waals surface area contributed by atoms with Crippen molar-refractivity contribution in [3.8, 4) is 0 Å². The Labute approximate surface area is 57.6 Å². The standard InChI is InChI=1S/C4H9N3O3/c1-2-10-7-4(9)3(8)6-5/h2,5H2,1H3,(H,6,8)(H,7,9). The fraction of sp³-hybridized carbons (Fsp3) is 0.500. The average molecular weight is 147 g/mol. The minimum atomic E-state index is -0.937. The van der Waals surface area contributed by atoms with E-state index in [2.05, 4.69) is 10.7 Å². The van der Waals surface area contributed by atoms with Crippen LogP contribution in [0.1, 0.15) is 6.92 Å². The molecule has 0 fully saturated rings. The van der Waals surface area contributed by atoms with Gasteiger partial charge in [0.1, 0.15) is 0 Å². The Bertz CT molecular complexity index is 136. The highest BCUT2D eigenvalue weighted by atomic mass is 16.6. The first-order valence-corrected chi connectivity index (χ1v) is 2.65. The van der Waals surface area contributed by atoms with Crippen LogP contribution < -0.4 is 16.7 Å². The maximum Gasteiger partial charge on any atom is 0.334 e. The Morgan fingerprint density at radius 1 is 1.50 bits per heavy atom. The number of hydrogen-bond donors (Lipinski definition) is 3. The summed E-state index contributed by atoms with van der Waals surface area (Å²) in [5.74, 6) is 2.78. The van der Waals surface area contributed by atoms with Gasteiger partial charge in [-0.05, 0) is 6.92 Å². The van der Waals surface area contributed by atoms with Crippen LogP contribution in [0.25, 0.3) is 0 Å². The van der Waals surface area contributed by atoms with Gasteiger partial charge in [-0.2, -0.15) is 0 Å². The van der Waals surface area contributed by atoms with Crippen molar-refractivity contribution >= 4 is 11.8 Å². The van der Waals surface area contributed by atoms with Crippen molar-refractivity contribution in [2.24, 2.45) is 5.84 Å². The number of carbonyl (C=O) groups excluding carboxylic acids is 2. The summed E-state index contributed by atoms with van der Waals surface area (Å²) in [4.78, 5) is 25.1. The molecular weight excluding hydrogens is 138 g/mol. The van der Waals surface area contributed by atoms with Crippen molar-refractivity contribution in [1.29, 1.82) is 0 Å². The molecule has 0 aromatic carbocycles. The van der Waals surface area contributed by atoms with E-state index in [0.29, 0.717) is 6.61 Å². The van der Waals surface area contributed by atoms with E-state index in [1.54, 1.807) is 12.3 Å². The molecule has 58 valence electrons. The topological polar surface area (TPSA) is 93.4 Å². The van der Waals surface area contributed by atoms with E-state index in [1.807, 2.05) is 5.48 Å². The molecule has 2 amide bonds. The third-order valence-electron chi connectivity index (χ3n) is 0.647. The first-order valence-electron chi connectivity index (χ1n) is 2.65. The third kappa shape index (κ3) is 3.00. The molecule has 0 spiro atoms. The number of hydroxylamine groups is 1. The van der Waals surface area contributed by atoms with Crippen LogP contribution in [0.2, 0.25) is 0 Å². The van der Waals surface area contributed by atoms with Crippen molar-refractivity contribution in [2.45, 2.75) is 6.92 Å². The normalized spacial score (nSPS) is 8.60. The monoisotopic (exact) mass is 147 g/mol. The minimum Gasteiger partial charge on any atom is -0.286 e. The summed E-state index contributed by atoms with van der Waals surface area (Å²) in [6.45, 7) is 1.96. The van der Waals surface area contributed by atoms with E-state index in [4.69, 9.17) is 0 Å². The Kier molecular flexibility index (Phi) is 4.17. The number of amides is 2. The van der Waals surface area contributed by atoms with Gasteiger partial charge in [0.15, 0.2) is 0 Å². The summed E-state index contributed by atoms with van der Waals surface area (Å²) in [7, 11) is 0. The third-order valence-corrected chi connectivity index (χ3v) is 0.647. The van der Waals surface area contributed by atoms with Gasteiger partial charge in [-0.3, -0.25) is 19.9 Å². The maximum absolute atomic E-state index is 10.4. The van der Waals surface area contributed by atoms with Crippen LogP contribution in [-0.2, 0) is 14.4 Å². The molecule has 0 aromatic rings. The zero-order valence-electron chi connectivity index (χ0n) is 5.51. The summed E-state index contributed by atoms with van der Waals surface area (Å²) in [6.07, 6.45) is 0. The fourth-order valence-corrected chi connectivity index (χ4v) is 0.250. The molecule has 0 unspecified atom stereocenters. The first-order chi connectivity index (χ1) is 4.72. The highest BCUT2D eigenvalue weighted by molar-refractivity contribution is 6.34. The highest BCUT2D eigenvalue weighted by Crippen LogP contribution is 1.66. The van der Waals surface area contributed by atoms with Gasteiger partial charge in [0.2, 0.25) is 0 Å². The number of hydrogen-bond acceptors (Lipinski definition) is 4. The van der Waals surface area contributed by atoms with Crippen LogP contribution in [0.15, 0.2) is 0 Å². The lowest BCUT2D eigenvalue weighted by atomic mass is 10.6. The molecule has 0 aliphatic carbocycles. The van der Waals surface area contributed by atoms with Crippen LogP contribution in [0.3, 0.4) is 0 Å². The van der Waals surface area contributed by atoms with Crippen molar-refractivity contribution in [3.05, 3.63) is 0 Å². The largest absolute Gasteiger partial charge is 0.334 e. The van der Waals surface area contributed by atoms with Crippen LogP contribution in [0.4, 0.5) is 0 Å². The van der Waals surface area contributed by atoms with Crippen molar-refractivity contribution in [2.75, 3.05) is 6.61 Å². The van der Waals surface area contributed by atoms with Gasteiger partial charge in [-0.25, -0.2) is 11.3 Å². The highest BCUT2D eigenvalue weighted by Gasteiger charge is 2.09. The lowest BCUT2D eigenvalue weighted by Gasteiger charge is -2.00. The maximum atomic E-state index is 10.4. The Morgan fingerprint density at radius 2 is 2.10 bits per heavy atom. The van der Waals surface area contributed by atoms with Gasteiger partial charge in [0.25, 0.3) is 0 Å². The molecule has 0 aliphatic heterocycles. The van der Waals surface area contributed by atoms with Gasteiger partial charge in [-0.15, -0.1) is 0 Å². The van der Waals surface area contributed by atoms with Crippen molar-refractivity contribution in [1.82, 2.24) is 10.9 Å². The quantitative estimate of drug-likeness (QED) is 0.183. The molecule has 6 heteroatoms. The summed E-state index contributed by atoms with van der Waals surface area (Å²) in [5.41, 5.74) is 3.49. The molecule has 0 atom stereocenters. The summed E-state index contributed by atoms with van der Waals surface area (Å²) in [5, 5.41) is 0. The molecule has 0 aliphatic rings. The van der Waals surface area contributed by atoms with E-state index in [-0.39, 0.29) is 0 Å². The van der Waals surface area contributed by atoms with Gasteiger partial charge in [0.05, 0.1) is 6.61 Å². The molecule has 0 saturated carbocycles. The summed E-state index contributed by atoms with van der Waals surface area (Å²) < 4.78 is 0. The number of rotatable bonds is 2. The van der Waals surface area contributed by atoms with Gasteiger partial charge in [0, 0.05) is 0 Å². The predicted molar refractivity (Wildman–Crippen MR) is 32.1 cm³/mol. The summed E-state index contributed by atoms with van der Waals surface area (Å²) >= 11 is 0. The second-order valence-electron chi connectivity index (χ2n) is 1.34. The van der Waals surface area contributed by atoms with Gasteiger partial charge < -0.3 is 0 Å². The van der Waals surface area contributed by atoms with Crippen molar-refractivity contribution in [3.63, 3.8) is 0 Å². The lowest BCUT2D eigenvalue weighted by molar-refractivity contribution is -0.146. The van der Waals surface area contributed by atoms with Crippen LogP contribution in [0.5, 0.6) is 0 Å². The predicted octanol–water partition coefficient (Wildman–Crippen LogP) is -1.96. The van der Waals surface area contributed by atoms with E-state index < -0.39 is 11.8 Å². The molecule has 0 saturated heterocycles. The van der Waals surface area contributed by atoms with Crippen LogP contribution in [0, 0.1) is 0 Å². The SMILES string of the molecule is CCONC(=O)C(=O)NN. The Balaban J connectivity index is 3.52. The number of hydrazine groups is 1. The first kappa shape index (κ1) is 8.86. The van der Waals surface area contributed by atoms with E-state index in [9.17, 15) is 9.59 Å². The molecule has 0 radical (unpaired) electrons. The second kappa shape index (κ2) is 4.71. The zero-order chi connectivity index (χ0) is 7.98. The summed E-state index contributed by atoms with van der Waals surface area (Å²) in [6, 6.07) is 0. The number of nitrogens with two attached hydrogens (primary N) is 1. The Hall–Kier alpha value is -1.14. The molecule has 0 aromatic heterocycles. The van der Waals surface area contributed by atoms with Gasteiger partial charge in [-0.1, -0.05) is 0 Å². The Morgan fingerprint density at radius 3 is 2.50 bits per heavy atom. The number of carbonyl (C=O) groups is 2. The molecule has 10 heavy (non-hydrogen) atoms. The molecule has 4 N–H and O–H groups in total. The molecule has 0 rings (SSSR count). The lowest BCUT2D eigenvalue weighted by Crippen LogP contribution is -2.43. The van der Waals surface area contributed by atoms with E-state index in [1.165, 1.54) is 0 Å². The minimum absolute atomic E-state index is 0.295. The second-order valence-corrected chi connectivity index (χ2v) is 1.34. The molecule has 0 heterocycles. The number of nitrogens with one attached hydrogen (secondary N) is 2. The van der Waals surface area contributed by atoms with Crippen LogP contribution >= 0.6 is 0 Å². The average Bonchev–Trinajstić information content (AvgIpc) is 1.98. The zero-order valence-corrected chi connectivity index (χ0v) is 5.51. The van der Waals surface area contributed by atoms with Gasteiger partial charge >= 0.3 is 11.8 Å². The molecular formula is C4H9N3O3. The molecule has 0 bridgehead atoms. The smallest absolute Gasteiger partial charge is 0.286 e. The van der Waals surface area contributed by atoms with E-state index in [0.717, 1.165) is 0 Å². The van der Waals surface area contributed by atoms with Crippen molar-refractivity contribution < 1.29 is 14.4 Å². The van der Waals surface area contributed by atoms with Crippen LogP contribution in [-0.4, -0.2) is 18.4 Å². The fourth-order valence-electron chi connectivity index (χ4n) is 0.250. The van der Waals surface area contributed by atoms with E-state index >= 15 is 0 Å². The molecule has 6 nitrogen and oxygen atoms in total.